The molecule has 1 fully saturated rings. The van der Waals surface area contributed by atoms with Crippen molar-refractivity contribution in [1.82, 2.24) is 0 Å². The van der Waals surface area contributed by atoms with E-state index in [0.717, 1.165) is 0 Å². The summed E-state index contributed by atoms with van der Waals surface area (Å²) in [7, 11) is 0. The van der Waals surface area contributed by atoms with Gasteiger partial charge in [0.25, 0.3) is 0 Å². The standard InChI is InChI=1S/C8H14O4.C8H12O3/c1-5(2)6(3-7(9)10)4-8(11)12;1-5(2)6-3-7(9)11-8(10)4-6/h5-6H,3-4H2,1-2H3,(H,9,10)(H,11,12);5-6H,3-4H2,1-2H3. The molecule has 0 aromatic rings. The quantitative estimate of drug-likeness (QED) is 0.566. The van der Waals surface area contributed by atoms with E-state index < -0.39 is 11.9 Å². The van der Waals surface area contributed by atoms with Crippen molar-refractivity contribution in [2.45, 2.75) is 53.4 Å². The van der Waals surface area contributed by atoms with Crippen molar-refractivity contribution in [2.24, 2.45) is 23.7 Å². The number of rotatable bonds is 6. The van der Waals surface area contributed by atoms with Gasteiger partial charge in [0.2, 0.25) is 0 Å². The Bertz CT molecular complexity index is 408. The van der Waals surface area contributed by atoms with Crippen molar-refractivity contribution in [2.75, 3.05) is 0 Å². The summed E-state index contributed by atoms with van der Waals surface area (Å²) in [5.41, 5.74) is 0. The Labute approximate surface area is 136 Å². The summed E-state index contributed by atoms with van der Waals surface area (Å²) in [6.07, 6.45) is 0.654. The van der Waals surface area contributed by atoms with Crippen LogP contribution < -0.4 is 0 Å². The van der Waals surface area contributed by atoms with Gasteiger partial charge >= 0.3 is 23.9 Å². The van der Waals surface area contributed by atoms with Crippen LogP contribution in [0.1, 0.15) is 53.4 Å². The lowest BCUT2D eigenvalue weighted by molar-refractivity contribution is -0.166. The molecule has 1 aliphatic rings. The zero-order valence-corrected chi connectivity index (χ0v) is 14.1. The van der Waals surface area contributed by atoms with Gasteiger partial charge in [-0.15, -0.1) is 0 Å². The average molecular weight is 330 g/mol. The fourth-order valence-electron chi connectivity index (χ4n) is 2.17. The lowest BCUT2D eigenvalue weighted by atomic mass is 9.88. The molecule has 2 N–H and O–H groups in total. The van der Waals surface area contributed by atoms with Crippen molar-refractivity contribution in [1.29, 1.82) is 0 Å². The van der Waals surface area contributed by atoms with Crippen LogP contribution in [0.5, 0.6) is 0 Å². The minimum Gasteiger partial charge on any atom is -0.481 e. The number of ether oxygens (including phenoxy) is 1. The first-order valence-corrected chi connectivity index (χ1v) is 7.70. The molecule has 1 rings (SSSR count). The van der Waals surface area contributed by atoms with Crippen LogP contribution in [0.4, 0.5) is 0 Å². The Morgan fingerprint density at radius 3 is 1.65 bits per heavy atom. The predicted molar refractivity (Wildman–Crippen MR) is 81.5 cm³/mol. The van der Waals surface area contributed by atoms with E-state index >= 15 is 0 Å². The summed E-state index contributed by atoms with van der Waals surface area (Å²) < 4.78 is 4.39. The summed E-state index contributed by atoms with van der Waals surface area (Å²) >= 11 is 0. The third-order valence-electron chi connectivity index (χ3n) is 3.84. The molecule has 0 radical (unpaired) electrons. The van der Waals surface area contributed by atoms with E-state index in [2.05, 4.69) is 4.74 Å². The number of carboxylic acid groups (broad SMARTS) is 2. The first-order valence-electron chi connectivity index (χ1n) is 7.70. The molecule has 7 nitrogen and oxygen atoms in total. The van der Waals surface area contributed by atoms with E-state index in [1.165, 1.54) is 0 Å². The molecule has 0 aromatic carbocycles. The first-order chi connectivity index (χ1) is 10.5. The van der Waals surface area contributed by atoms with Crippen LogP contribution in [0.3, 0.4) is 0 Å². The molecule has 0 aromatic heterocycles. The molecule has 1 aliphatic heterocycles. The van der Waals surface area contributed by atoms with Crippen molar-refractivity contribution in [3.63, 3.8) is 0 Å². The first kappa shape index (κ1) is 21.1. The van der Waals surface area contributed by atoms with Gasteiger partial charge in [-0.1, -0.05) is 27.7 Å². The second kappa shape index (κ2) is 9.97. The van der Waals surface area contributed by atoms with E-state index in [1.807, 2.05) is 27.7 Å². The zero-order valence-electron chi connectivity index (χ0n) is 14.1. The fraction of sp³-hybridized carbons (Fsp3) is 0.750. The Balaban J connectivity index is 0.000000422. The monoisotopic (exact) mass is 330 g/mol. The SMILES string of the molecule is CC(C)C(CC(=O)O)CC(=O)O.CC(C)C1CC(=O)OC(=O)C1. The summed E-state index contributed by atoms with van der Waals surface area (Å²) in [5.74, 6) is -2.22. The minimum atomic E-state index is -0.935. The third kappa shape index (κ3) is 9.65. The maximum atomic E-state index is 10.7. The van der Waals surface area contributed by atoms with E-state index in [4.69, 9.17) is 10.2 Å². The van der Waals surface area contributed by atoms with Crippen molar-refractivity contribution >= 4 is 23.9 Å². The normalized spacial score (nSPS) is 15.4. The van der Waals surface area contributed by atoms with Gasteiger partial charge in [-0.2, -0.15) is 0 Å². The number of hydrogen-bond acceptors (Lipinski definition) is 5. The highest BCUT2D eigenvalue weighted by atomic mass is 16.6. The number of aliphatic carboxylic acids is 2. The van der Waals surface area contributed by atoms with Gasteiger partial charge in [0.1, 0.15) is 0 Å². The maximum Gasteiger partial charge on any atom is 0.313 e. The summed E-state index contributed by atoms with van der Waals surface area (Å²) in [6.45, 7) is 7.68. The largest absolute Gasteiger partial charge is 0.481 e. The lowest BCUT2D eigenvalue weighted by Crippen LogP contribution is -2.28. The molecule has 0 saturated carbocycles. The molecule has 0 atom stereocenters. The highest BCUT2D eigenvalue weighted by molar-refractivity contribution is 5.88. The van der Waals surface area contributed by atoms with Crippen LogP contribution in [-0.4, -0.2) is 34.1 Å². The van der Waals surface area contributed by atoms with Gasteiger partial charge < -0.3 is 14.9 Å². The fourth-order valence-corrected chi connectivity index (χ4v) is 2.17. The smallest absolute Gasteiger partial charge is 0.313 e. The Kier molecular flexibility index (Phi) is 9.14. The number of carbonyl (C=O) groups excluding carboxylic acids is 2. The second-order valence-electron chi connectivity index (χ2n) is 6.46. The maximum absolute atomic E-state index is 10.7. The molecule has 132 valence electrons. The molecule has 1 heterocycles. The third-order valence-corrected chi connectivity index (χ3v) is 3.84. The second-order valence-corrected chi connectivity index (χ2v) is 6.46. The number of cyclic esters (lactones) is 2. The van der Waals surface area contributed by atoms with E-state index in [-0.39, 0.29) is 42.5 Å². The van der Waals surface area contributed by atoms with Gasteiger partial charge in [0, 0.05) is 25.7 Å². The van der Waals surface area contributed by atoms with Crippen LogP contribution in [-0.2, 0) is 23.9 Å². The van der Waals surface area contributed by atoms with Crippen molar-refractivity contribution in [3.05, 3.63) is 0 Å². The van der Waals surface area contributed by atoms with Crippen LogP contribution in [0.2, 0.25) is 0 Å². The molecular weight excluding hydrogens is 304 g/mol. The van der Waals surface area contributed by atoms with Crippen molar-refractivity contribution < 1.29 is 34.1 Å². The van der Waals surface area contributed by atoms with Crippen LogP contribution in [0.25, 0.3) is 0 Å². The molecule has 23 heavy (non-hydrogen) atoms. The Hall–Kier alpha value is -1.92. The van der Waals surface area contributed by atoms with E-state index in [9.17, 15) is 19.2 Å². The Morgan fingerprint density at radius 1 is 1.00 bits per heavy atom. The zero-order chi connectivity index (χ0) is 18.2. The molecule has 1 saturated heterocycles. The summed E-state index contributed by atoms with van der Waals surface area (Å²) in [4.78, 5) is 42.1. The molecule has 0 amide bonds. The van der Waals surface area contributed by atoms with Gasteiger partial charge in [0.15, 0.2) is 0 Å². The number of hydrogen-bond donors (Lipinski definition) is 2. The molecular formula is C16H26O7. The van der Waals surface area contributed by atoms with Crippen molar-refractivity contribution in [3.8, 4) is 0 Å². The van der Waals surface area contributed by atoms with Gasteiger partial charge in [-0.3, -0.25) is 19.2 Å². The molecule has 0 spiro atoms. The van der Waals surface area contributed by atoms with Gasteiger partial charge in [-0.25, -0.2) is 0 Å². The molecule has 0 unspecified atom stereocenters. The average Bonchev–Trinajstić information content (AvgIpc) is 2.36. The highest BCUT2D eigenvalue weighted by Crippen LogP contribution is 2.24. The van der Waals surface area contributed by atoms with Crippen LogP contribution in [0, 0.1) is 23.7 Å². The highest BCUT2D eigenvalue weighted by Gasteiger charge is 2.28. The van der Waals surface area contributed by atoms with Gasteiger partial charge in [-0.05, 0) is 23.7 Å². The number of carbonyl (C=O) groups is 4. The van der Waals surface area contributed by atoms with Crippen LogP contribution >= 0.6 is 0 Å². The van der Waals surface area contributed by atoms with E-state index in [0.29, 0.717) is 18.8 Å². The number of esters is 2. The number of carboxylic acids is 2. The topological polar surface area (TPSA) is 118 Å². The molecule has 0 bridgehead atoms. The van der Waals surface area contributed by atoms with Gasteiger partial charge in [0.05, 0.1) is 0 Å². The van der Waals surface area contributed by atoms with E-state index in [1.54, 1.807) is 0 Å². The molecule has 0 aliphatic carbocycles. The molecule has 7 heteroatoms. The minimum absolute atomic E-state index is 0.0655. The summed E-state index contributed by atoms with van der Waals surface area (Å²) in [5, 5.41) is 16.9. The Morgan fingerprint density at radius 2 is 1.39 bits per heavy atom. The lowest BCUT2D eigenvalue weighted by Gasteiger charge is -2.22. The predicted octanol–water partition coefficient (Wildman–Crippen LogP) is 2.33. The van der Waals surface area contributed by atoms with Crippen LogP contribution in [0.15, 0.2) is 0 Å². The summed E-state index contributed by atoms with van der Waals surface area (Å²) in [6, 6.07) is 0.